The molecule has 0 radical (unpaired) electrons. The summed E-state index contributed by atoms with van der Waals surface area (Å²) in [5.41, 5.74) is 3.07. The van der Waals surface area contributed by atoms with Gasteiger partial charge in [0.05, 0.1) is 35.0 Å². The van der Waals surface area contributed by atoms with Crippen LogP contribution in [-0.2, 0) is 16.1 Å². The Morgan fingerprint density at radius 1 is 1.12 bits per heavy atom. The number of thioether (sulfide) groups is 1. The molecule has 0 aromatic heterocycles. The number of halogens is 2. The molecule has 178 valence electrons. The highest BCUT2D eigenvalue weighted by atomic mass is 79.9. The van der Waals surface area contributed by atoms with Gasteiger partial charge in [0, 0.05) is 10.7 Å². The lowest BCUT2D eigenvalue weighted by molar-refractivity contribution is -0.139. The first-order chi connectivity index (χ1) is 16.4. The van der Waals surface area contributed by atoms with E-state index in [2.05, 4.69) is 36.9 Å². The van der Waals surface area contributed by atoms with E-state index in [1.165, 1.54) is 11.8 Å². The number of esters is 1. The molecule has 2 aromatic rings. The molecule has 0 spiro atoms. The van der Waals surface area contributed by atoms with Crippen molar-refractivity contribution in [3.63, 3.8) is 0 Å². The molecule has 2 aromatic carbocycles. The molecule has 0 bridgehead atoms. The first-order valence-corrected chi connectivity index (χ1v) is 13.3. The molecule has 0 N–H and O–H groups in total. The number of ether oxygens (including phenoxy) is 3. The van der Waals surface area contributed by atoms with Crippen LogP contribution in [0.2, 0.25) is 0 Å². The van der Waals surface area contributed by atoms with Crippen LogP contribution in [-0.4, -0.2) is 29.3 Å². The summed E-state index contributed by atoms with van der Waals surface area (Å²) in [6.07, 6.45) is 1.94. The maximum Gasteiger partial charge on any atom is 0.338 e. The van der Waals surface area contributed by atoms with E-state index in [1.807, 2.05) is 66.8 Å². The van der Waals surface area contributed by atoms with Crippen LogP contribution in [0.5, 0.6) is 11.5 Å². The number of allylic oxidation sites excluding steroid dienone is 1. The van der Waals surface area contributed by atoms with Gasteiger partial charge in [-0.15, -0.1) is 0 Å². The van der Waals surface area contributed by atoms with Crippen molar-refractivity contribution in [1.82, 2.24) is 4.90 Å². The Morgan fingerprint density at radius 2 is 1.88 bits per heavy atom. The third kappa shape index (κ3) is 5.21. The Labute approximate surface area is 220 Å². The monoisotopic (exact) mass is 606 g/mol. The molecule has 0 saturated heterocycles. The molecule has 2 heterocycles. The van der Waals surface area contributed by atoms with Gasteiger partial charge in [-0.05, 0) is 77.5 Å². The molecule has 4 rings (SSSR count). The van der Waals surface area contributed by atoms with Crippen molar-refractivity contribution >= 4 is 54.8 Å². The number of nitrogens with zero attached hydrogens (tertiary/aromatic N) is 2. The summed E-state index contributed by atoms with van der Waals surface area (Å²) in [6.45, 7) is 6.73. The summed E-state index contributed by atoms with van der Waals surface area (Å²) in [5.74, 6) is 0.843. The summed E-state index contributed by atoms with van der Waals surface area (Å²) in [4.78, 5) is 19.6. The van der Waals surface area contributed by atoms with Crippen LogP contribution in [0.3, 0.4) is 0 Å². The minimum Gasteiger partial charge on any atom is -0.490 e. The van der Waals surface area contributed by atoms with Crippen LogP contribution in [0, 0.1) is 0 Å². The summed E-state index contributed by atoms with van der Waals surface area (Å²) in [6, 6.07) is 11.5. The number of rotatable bonds is 8. The molecule has 0 fully saturated rings. The second kappa shape index (κ2) is 11.0. The zero-order valence-electron chi connectivity index (χ0n) is 19.0. The van der Waals surface area contributed by atoms with Crippen LogP contribution in [0.4, 0.5) is 0 Å². The number of hydrogen-bond acceptors (Lipinski definition) is 7. The van der Waals surface area contributed by atoms with Crippen molar-refractivity contribution in [3.05, 3.63) is 79.3 Å². The second-order valence-electron chi connectivity index (χ2n) is 7.50. The average molecular weight is 608 g/mol. The molecule has 0 aliphatic carbocycles. The largest absolute Gasteiger partial charge is 0.490 e. The summed E-state index contributed by atoms with van der Waals surface area (Å²) < 4.78 is 19.3. The van der Waals surface area contributed by atoms with E-state index in [9.17, 15) is 4.79 Å². The van der Waals surface area contributed by atoms with Crippen molar-refractivity contribution in [2.75, 3.05) is 13.2 Å². The smallest absolute Gasteiger partial charge is 0.338 e. The zero-order chi connectivity index (χ0) is 24.2. The Hall–Kier alpha value is -2.23. The van der Waals surface area contributed by atoms with Gasteiger partial charge in [0.1, 0.15) is 6.61 Å². The van der Waals surface area contributed by atoms with Gasteiger partial charge in [0.2, 0.25) is 0 Å². The average Bonchev–Trinajstić information content (AvgIpc) is 3.27. The number of aliphatic imine (C=N–C) groups is 1. The molecule has 1 atom stereocenters. The number of benzene rings is 2. The maximum absolute atomic E-state index is 12.9. The van der Waals surface area contributed by atoms with E-state index in [0.717, 1.165) is 25.2 Å². The van der Waals surface area contributed by atoms with Crippen LogP contribution < -0.4 is 9.47 Å². The van der Waals surface area contributed by atoms with Crippen LogP contribution in [0.25, 0.3) is 0 Å². The number of hydrogen-bond donors (Lipinski definition) is 0. The second-order valence-corrected chi connectivity index (χ2v) is 10.1. The molecule has 0 amide bonds. The Balaban J connectivity index is 1.72. The molecule has 2 aliphatic rings. The van der Waals surface area contributed by atoms with Crippen LogP contribution in [0.1, 0.15) is 37.9 Å². The maximum atomic E-state index is 12.9. The highest BCUT2D eigenvalue weighted by molar-refractivity contribution is 9.10. The summed E-state index contributed by atoms with van der Waals surface area (Å²) >= 11 is 8.66. The van der Waals surface area contributed by atoms with Crippen molar-refractivity contribution in [1.29, 1.82) is 0 Å². The number of amidine groups is 1. The molecule has 6 nitrogen and oxygen atoms in total. The summed E-state index contributed by atoms with van der Waals surface area (Å²) in [7, 11) is 0. The van der Waals surface area contributed by atoms with Gasteiger partial charge in [0.25, 0.3) is 0 Å². The van der Waals surface area contributed by atoms with E-state index in [4.69, 9.17) is 14.2 Å². The fourth-order valence-corrected chi connectivity index (χ4v) is 5.41. The standard InChI is InChI=1S/C25H24Br2N2O4S/c1-4-31-20-13-17(12-19(27)23(20)33-14-16-6-8-18(26)9-7-16)22-21(24(30)32-5-2)15(3)28-25-29(22)10-11-34-25/h6-13,22H,4-5,14H2,1-3H3/t22-/m0/s1. The minimum atomic E-state index is -0.395. The molecule has 0 saturated carbocycles. The van der Waals surface area contributed by atoms with E-state index in [-0.39, 0.29) is 5.97 Å². The van der Waals surface area contributed by atoms with Gasteiger partial charge in [-0.3, -0.25) is 0 Å². The first-order valence-electron chi connectivity index (χ1n) is 10.8. The fourth-order valence-electron chi connectivity index (χ4n) is 3.78. The van der Waals surface area contributed by atoms with E-state index < -0.39 is 6.04 Å². The number of carbonyl (C=O) groups is 1. The third-order valence-corrected chi connectivity index (χ3v) is 7.15. The van der Waals surface area contributed by atoms with Crippen LogP contribution >= 0.6 is 43.6 Å². The predicted octanol–water partition coefficient (Wildman–Crippen LogP) is 6.96. The summed E-state index contributed by atoms with van der Waals surface area (Å²) in [5, 5.41) is 2.78. The fraction of sp³-hybridized carbons (Fsp3) is 0.280. The van der Waals surface area contributed by atoms with Gasteiger partial charge in [-0.25, -0.2) is 9.79 Å². The van der Waals surface area contributed by atoms with Crippen molar-refractivity contribution < 1.29 is 19.0 Å². The third-order valence-electron chi connectivity index (χ3n) is 5.26. The molecule has 0 unspecified atom stereocenters. The van der Waals surface area contributed by atoms with Crippen LogP contribution in [0.15, 0.2) is 73.2 Å². The molecular weight excluding hydrogens is 584 g/mol. The zero-order valence-corrected chi connectivity index (χ0v) is 23.0. The van der Waals surface area contributed by atoms with Crippen molar-refractivity contribution in [2.24, 2.45) is 4.99 Å². The molecule has 34 heavy (non-hydrogen) atoms. The van der Waals surface area contributed by atoms with Crippen molar-refractivity contribution in [2.45, 2.75) is 33.4 Å². The highest BCUT2D eigenvalue weighted by Gasteiger charge is 2.38. The van der Waals surface area contributed by atoms with Gasteiger partial charge in [0.15, 0.2) is 16.7 Å². The first kappa shape index (κ1) is 24.9. The minimum absolute atomic E-state index is 0.292. The topological polar surface area (TPSA) is 60.4 Å². The Kier molecular flexibility index (Phi) is 8.06. The number of fused-ring (bicyclic) bond motifs is 1. The quantitative estimate of drug-likeness (QED) is 0.302. The molecular formula is C25H24Br2N2O4S. The normalized spacial score (nSPS) is 16.9. The van der Waals surface area contributed by atoms with E-state index in [1.54, 1.807) is 6.92 Å². The highest BCUT2D eigenvalue weighted by Crippen LogP contribution is 2.45. The Morgan fingerprint density at radius 3 is 2.59 bits per heavy atom. The lowest BCUT2D eigenvalue weighted by Gasteiger charge is -2.33. The van der Waals surface area contributed by atoms with Gasteiger partial charge < -0.3 is 19.1 Å². The number of carbonyl (C=O) groups excluding carboxylic acids is 1. The van der Waals surface area contributed by atoms with Gasteiger partial charge >= 0.3 is 5.97 Å². The SMILES string of the molecule is CCOC(=O)C1=C(C)N=C2SC=CN2[C@H]1c1cc(Br)c(OCc2ccc(Br)cc2)c(OCC)c1. The van der Waals surface area contributed by atoms with E-state index >= 15 is 0 Å². The van der Waals surface area contributed by atoms with Crippen molar-refractivity contribution in [3.8, 4) is 11.5 Å². The van der Waals surface area contributed by atoms with Gasteiger partial charge in [-0.2, -0.15) is 0 Å². The van der Waals surface area contributed by atoms with E-state index in [0.29, 0.717) is 42.6 Å². The lowest BCUT2D eigenvalue weighted by Crippen LogP contribution is -2.34. The molecule has 9 heteroatoms. The van der Waals surface area contributed by atoms with Gasteiger partial charge in [-0.1, -0.05) is 39.8 Å². The predicted molar refractivity (Wildman–Crippen MR) is 142 cm³/mol. The molecule has 2 aliphatic heterocycles. The lowest BCUT2D eigenvalue weighted by atomic mass is 9.94. The Bertz CT molecular complexity index is 1180.